The first-order valence-corrected chi connectivity index (χ1v) is 13.1. The van der Waals surface area contributed by atoms with Gasteiger partial charge in [-0.2, -0.15) is 0 Å². The Kier molecular flexibility index (Phi) is 10.7. The molecule has 0 bridgehead atoms. The number of nitrogens with zero attached hydrogens (tertiary/aromatic N) is 1. The van der Waals surface area contributed by atoms with Crippen LogP contribution in [0, 0.1) is 11.8 Å². The molecule has 0 aliphatic heterocycles. The van der Waals surface area contributed by atoms with Crippen LogP contribution in [-0.4, -0.2) is 17.6 Å². The Morgan fingerprint density at radius 1 is 0.848 bits per heavy atom. The largest absolute Gasteiger partial charge is 0.494 e. The molecular weight excluding hydrogens is 410 g/mol. The molecule has 0 radical (unpaired) electrons. The number of carbonyl (C=O) groups excluding carboxylic acids is 1. The van der Waals surface area contributed by atoms with Gasteiger partial charge in [0.05, 0.1) is 18.4 Å². The first-order chi connectivity index (χ1) is 16.2. The first kappa shape index (κ1) is 25.3. The summed E-state index contributed by atoms with van der Waals surface area (Å²) in [7, 11) is 0. The van der Waals surface area contributed by atoms with Crippen LogP contribution in [-0.2, 0) is 6.42 Å². The van der Waals surface area contributed by atoms with Gasteiger partial charge in [-0.05, 0) is 67.5 Å². The number of rotatable bonds is 13. The van der Waals surface area contributed by atoms with Crippen LogP contribution in [0.4, 0.5) is 0 Å². The lowest BCUT2D eigenvalue weighted by molar-refractivity contribution is 0.0734. The molecule has 2 aromatic rings. The van der Waals surface area contributed by atoms with Gasteiger partial charge in [-0.25, -0.2) is 4.79 Å². The van der Waals surface area contributed by atoms with Gasteiger partial charge in [0.1, 0.15) is 11.5 Å². The number of carbonyl (C=O) groups is 1. The van der Waals surface area contributed by atoms with Crippen LogP contribution >= 0.6 is 0 Å². The molecule has 1 saturated carbocycles. The van der Waals surface area contributed by atoms with E-state index in [9.17, 15) is 4.79 Å². The second-order valence-corrected chi connectivity index (χ2v) is 9.52. The van der Waals surface area contributed by atoms with E-state index in [0.29, 0.717) is 17.9 Å². The number of aryl methyl sites for hydroxylation is 1. The number of pyridine rings is 1. The minimum absolute atomic E-state index is 0.372. The first-order valence-electron chi connectivity index (χ1n) is 13.1. The number of unbranched alkanes of at least 4 members (excludes halogenated alkanes) is 3. The van der Waals surface area contributed by atoms with E-state index < -0.39 is 0 Å². The summed E-state index contributed by atoms with van der Waals surface area (Å²) in [6, 6.07) is 11.0. The Morgan fingerprint density at radius 3 is 2.18 bits per heavy atom. The maximum Gasteiger partial charge on any atom is 0.343 e. The Hall–Kier alpha value is -2.36. The lowest BCUT2D eigenvalue weighted by Gasteiger charge is -2.28. The van der Waals surface area contributed by atoms with Gasteiger partial charge < -0.3 is 9.47 Å². The predicted octanol–water partition coefficient (Wildman–Crippen LogP) is 7.80. The SMILES string of the molecule is CCCCCCOc1ccc(C(=O)Oc2ccc(CCC3CCC(CCC)CC3)nc2)cc1. The highest BCUT2D eigenvalue weighted by atomic mass is 16.5. The molecule has 0 spiro atoms. The monoisotopic (exact) mass is 451 g/mol. The van der Waals surface area contributed by atoms with E-state index in [1.807, 2.05) is 24.3 Å². The normalized spacial score (nSPS) is 18.1. The second-order valence-electron chi connectivity index (χ2n) is 9.52. The molecule has 0 amide bonds. The van der Waals surface area contributed by atoms with Gasteiger partial charge in [0.25, 0.3) is 0 Å². The Bertz CT molecular complexity index is 808. The maximum absolute atomic E-state index is 12.5. The van der Waals surface area contributed by atoms with E-state index in [1.165, 1.54) is 64.2 Å². The van der Waals surface area contributed by atoms with Crippen molar-refractivity contribution in [3.8, 4) is 11.5 Å². The minimum Gasteiger partial charge on any atom is -0.494 e. The molecule has 1 aromatic carbocycles. The summed E-state index contributed by atoms with van der Waals surface area (Å²) >= 11 is 0. The average Bonchev–Trinajstić information content (AvgIpc) is 2.85. The zero-order valence-corrected chi connectivity index (χ0v) is 20.6. The van der Waals surface area contributed by atoms with Gasteiger partial charge >= 0.3 is 5.97 Å². The molecule has 3 rings (SSSR count). The molecule has 0 N–H and O–H groups in total. The van der Waals surface area contributed by atoms with Crippen molar-refractivity contribution in [1.29, 1.82) is 0 Å². The number of hydrogen-bond acceptors (Lipinski definition) is 4. The van der Waals surface area contributed by atoms with Crippen molar-refractivity contribution < 1.29 is 14.3 Å². The molecule has 1 aromatic heterocycles. The molecule has 1 heterocycles. The third-order valence-corrected chi connectivity index (χ3v) is 6.84. The summed E-state index contributed by atoms with van der Waals surface area (Å²) in [6.07, 6.45) is 16.8. The van der Waals surface area contributed by atoms with Crippen LogP contribution in [0.2, 0.25) is 0 Å². The lowest BCUT2D eigenvalue weighted by Crippen LogP contribution is -2.15. The van der Waals surface area contributed by atoms with Crippen LogP contribution in [0.15, 0.2) is 42.6 Å². The third kappa shape index (κ3) is 8.83. The smallest absolute Gasteiger partial charge is 0.343 e. The van der Waals surface area contributed by atoms with Crippen LogP contribution in [0.3, 0.4) is 0 Å². The van der Waals surface area contributed by atoms with E-state index in [1.54, 1.807) is 18.3 Å². The lowest BCUT2D eigenvalue weighted by atomic mass is 9.78. The van der Waals surface area contributed by atoms with Gasteiger partial charge in [0.15, 0.2) is 0 Å². The van der Waals surface area contributed by atoms with E-state index in [4.69, 9.17) is 9.47 Å². The van der Waals surface area contributed by atoms with Crippen molar-refractivity contribution in [2.24, 2.45) is 11.8 Å². The fraction of sp³-hybridized carbons (Fsp3) is 0.586. The molecule has 0 atom stereocenters. The maximum atomic E-state index is 12.5. The quantitative estimate of drug-likeness (QED) is 0.230. The van der Waals surface area contributed by atoms with E-state index in [-0.39, 0.29) is 5.97 Å². The molecular formula is C29H41NO3. The van der Waals surface area contributed by atoms with Crippen molar-refractivity contribution in [3.63, 3.8) is 0 Å². The summed E-state index contributed by atoms with van der Waals surface area (Å²) in [6.45, 7) is 5.20. The van der Waals surface area contributed by atoms with Gasteiger partial charge in [0.2, 0.25) is 0 Å². The van der Waals surface area contributed by atoms with Crippen molar-refractivity contribution >= 4 is 5.97 Å². The summed E-state index contributed by atoms with van der Waals surface area (Å²) in [4.78, 5) is 17.0. The topological polar surface area (TPSA) is 48.4 Å². The predicted molar refractivity (Wildman–Crippen MR) is 134 cm³/mol. The molecule has 0 unspecified atom stereocenters. The van der Waals surface area contributed by atoms with Crippen molar-refractivity contribution in [2.45, 2.75) is 90.9 Å². The van der Waals surface area contributed by atoms with Gasteiger partial charge in [0, 0.05) is 5.69 Å². The molecule has 0 saturated heterocycles. The highest BCUT2D eigenvalue weighted by Gasteiger charge is 2.20. The average molecular weight is 452 g/mol. The summed E-state index contributed by atoms with van der Waals surface area (Å²) < 4.78 is 11.2. The Morgan fingerprint density at radius 2 is 1.55 bits per heavy atom. The van der Waals surface area contributed by atoms with E-state index in [2.05, 4.69) is 18.8 Å². The highest BCUT2D eigenvalue weighted by Crippen LogP contribution is 2.33. The summed E-state index contributed by atoms with van der Waals surface area (Å²) in [5.74, 6) is 2.69. The van der Waals surface area contributed by atoms with Gasteiger partial charge in [-0.3, -0.25) is 4.98 Å². The zero-order chi connectivity index (χ0) is 23.3. The van der Waals surface area contributed by atoms with E-state index in [0.717, 1.165) is 36.1 Å². The molecule has 4 heteroatoms. The minimum atomic E-state index is -0.372. The second kappa shape index (κ2) is 14.0. The van der Waals surface area contributed by atoms with Gasteiger partial charge in [-0.15, -0.1) is 0 Å². The summed E-state index contributed by atoms with van der Waals surface area (Å²) in [5.41, 5.74) is 1.59. The van der Waals surface area contributed by atoms with Crippen molar-refractivity contribution in [2.75, 3.05) is 6.61 Å². The molecule has 180 valence electrons. The fourth-order valence-corrected chi connectivity index (χ4v) is 4.76. The van der Waals surface area contributed by atoms with E-state index >= 15 is 0 Å². The zero-order valence-electron chi connectivity index (χ0n) is 20.6. The van der Waals surface area contributed by atoms with Gasteiger partial charge in [-0.1, -0.05) is 71.6 Å². The molecule has 33 heavy (non-hydrogen) atoms. The fourth-order valence-electron chi connectivity index (χ4n) is 4.76. The highest BCUT2D eigenvalue weighted by molar-refractivity contribution is 5.91. The number of aromatic nitrogens is 1. The number of hydrogen-bond donors (Lipinski definition) is 0. The molecule has 1 fully saturated rings. The number of ether oxygens (including phenoxy) is 2. The molecule has 1 aliphatic carbocycles. The third-order valence-electron chi connectivity index (χ3n) is 6.84. The Labute approximate surface area is 200 Å². The van der Waals surface area contributed by atoms with Crippen LogP contribution in [0.25, 0.3) is 0 Å². The molecule has 1 aliphatic rings. The van der Waals surface area contributed by atoms with Crippen LogP contribution in [0.5, 0.6) is 11.5 Å². The number of esters is 1. The standard InChI is InChI=1S/C29H41NO3/c1-3-5-6-7-21-32-27-18-14-25(15-19-27)29(31)33-28-20-17-26(30-22-28)16-13-24-11-9-23(8-4-2)10-12-24/h14-15,17-20,22-24H,3-13,16,21H2,1-2H3. The van der Waals surface area contributed by atoms with Crippen molar-refractivity contribution in [3.05, 3.63) is 53.9 Å². The van der Waals surface area contributed by atoms with Crippen molar-refractivity contribution in [1.82, 2.24) is 4.98 Å². The summed E-state index contributed by atoms with van der Waals surface area (Å²) in [5, 5.41) is 0. The molecule has 4 nitrogen and oxygen atoms in total. The number of benzene rings is 1. The van der Waals surface area contributed by atoms with Crippen LogP contribution in [0.1, 0.15) is 101 Å². The Balaban J connectivity index is 1.39. The van der Waals surface area contributed by atoms with Crippen LogP contribution < -0.4 is 9.47 Å².